The lowest BCUT2D eigenvalue weighted by Gasteiger charge is -2.11. The maximum atomic E-state index is 5.75. The molecule has 1 atom stereocenters. The third kappa shape index (κ3) is 3.96. The molecule has 1 N–H and O–H groups in total. The molecule has 0 bridgehead atoms. The summed E-state index contributed by atoms with van der Waals surface area (Å²) < 4.78 is 10.9. The first kappa shape index (κ1) is 15.2. The van der Waals surface area contributed by atoms with E-state index in [0.717, 1.165) is 17.9 Å². The number of benzene rings is 2. The highest BCUT2D eigenvalue weighted by molar-refractivity contribution is 5.51. The van der Waals surface area contributed by atoms with Crippen LogP contribution in [0.3, 0.4) is 0 Å². The van der Waals surface area contributed by atoms with Crippen LogP contribution in [0.25, 0.3) is 11.5 Å². The zero-order chi connectivity index (χ0) is 16.1. The number of rotatable bonds is 6. The molecule has 3 rings (SSSR count). The fraction of sp³-hybridized carbons (Fsp3) is 0.222. The van der Waals surface area contributed by atoms with Crippen molar-refractivity contribution in [2.75, 3.05) is 14.2 Å². The van der Waals surface area contributed by atoms with E-state index in [2.05, 4.69) is 29.4 Å². The number of methoxy groups -OCH3 is 1. The van der Waals surface area contributed by atoms with Crippen molar-refractivity contribution in [3.63, 3.8) is 0 Å². The van der Waals surface area contributed by atoms with Crippen LogP contribution < -0.4 is 9.64 Å². The van der Waals surface area contributed by atoms with Crippen LogP contribution in [0.15, 0.2) is 59.0 Å². The molecule has 0 aliphatic heterocycles. The summed E-state index contributed by atoms with van der Waals surface area (Å²) in [4.78, 5) is 1.28. The van der Waals surface area contributed by atoms with Crippen molar-refractivity contribution < 1.29 is 14.1 Å². The Bertz CT molecular complexity index is 738. The van der Waals surface area contributed by atoms with Crippen molar-refractivity contribution in [1.29, 1.82) is 0 Å². The quantitative estimate of drug-likeness (QED) is 0.756. The van der Waals surface area contributed by atoms with Gasteiger partial charge in [-0.3, -0.25) is 0 Å². The summed E-state index contributed by atoms with van der Waals surface area (Å²) in [6, 6.07) is 17.9. The summed E-state index contributed by atoms with van der Waals surface area (Å²) in [5, 5.41) is 8.27. The molecule has 1 heterocycles. The molecule has 0 saturated heterocycles. The van der Waals surface area contributed by atoms with E-state index >= 15 is 0 Å². The number of aromatic nitrogens is 2. The Kier molecular flexibility index (Phi) is 4.68. The maximum Gasteiger partial charge on any atom is 0.271 e. The van der Waals surface area contributed by atoms with Crippen LogP contribution in [-0.2, 0) is 13.1 Å². The summed E-state index contributed by atoms with van der Waals surface area (Å²) in [6.45, 7) is 1.57. The number of hydrogen-bond donors (Lipinski definition) is 1. The molecule has 0 saturated carbocycles. The number of nitrogens with one attached hydrogen (secondary N) is 1. The maximum absolute atomic E-state index is 5.75. The van der Waals surface area contributed by atoms with Gasteiger partial charge < -0.3 is 14.1 Å². The van der Waals surface area contributed by atoms with E-state index in [9.17, 15) is 0 Å². The van der Waals surface area contributed by atoms with Crippen molar-refractivity contribution in [2.45, 2.75) is 13.1 Å². The van der Waals surface area contributed by atoms with Gasteiger partial charge in [0.15, 0.2) is 6.54 Å². The minimum absolute atomic E-state index is 0.567. The Morgan fingerprint density at radius 2 is 1.70 bits per heavy atom. The van der Waals surface area contributed by atoms with E-state index in [-0.39, 0.29) is 0 Å². The van der Waals surface area contributed by atoms with Crippen LogP contribution in [-0.4, -0.2) is 24.4 Å². The fourth-order valence-electron chi connectivity index (χ4n) is 2.43. The van der Waals surface area contributed by atoms with E-state index in [1.165, 1.54) is 10.5 Å². The van der Waals surface area contributed by atoms with E-state index in [1.807, 2.05) is 42.5 Å². The van der Waals surface area contributed by atoms with Gasteiger partial charge in [0.25, 0.3) is 5.89 Å². The first-order valence-electron chi connectivity index (χ1n) is 7.56. The van der Waals surface area contributed by atoms with E-state index in [1.54, 1.807) is 7.11 Å². The molecule has 2 aromatic carbocycles. The first-order chi connectivity index (χ1) is 11.2. The molecule has 5 heteroatoms. The lowest BCUT2D eigenvalue weighted by atomic mass is 10.2. The van der Waals surface area contributed by atoms with Crippen LogP contribution in [0.5, 0.6) is 5.75 Å². The van der Waals surface area contributed by atoms with Gasteiger partial charge in [-0.15, -0.1) is 10.2 Å². The molecule has 0 spiro atoms. The predicted molar refractivity (Wildman–Crippen MR) is 87.0 cm³/mol. The predicted octanol–water partition coefficient (Wildman–Crippen LogP) is 1.96. The molecule has 118 valence electrons. The first-order valence-corrected chi connectivity index (χ1v) is 7.56. The number of nitrogens with zero attached hydrogens (tertiary/aromatic N) is 2. The van der Waals surface area contributed by atoms with E-state index < -0.39 is 0 Å². The van der Waals surface area contributed by atoms with E-state index in [0.29, 0.717) is 18.3 Å². The second-order valence-electron chi connectivity index (χ2n) is 5.53. The van der Waals surface area contributed by atoms with Gasteiger partial charge in [0.2, 0.25) is 5.89 Å². The van der Waals surface area contributed by atoms with Gasteiger partial charge in [-0.05, 0) is 36.4 Å². The van der Waals surface area contributed by atoms with Crippen LogP contribution in [0.2, 0.25) is 0 Å². The molecule has 0 aliphatic carbocycles. The number of quaternary nitrogens is 1. The summed E-state index contributed by atoms with van der Waals surface area (Å²) in [5.41, 5.74) is 2.19. The molecule has 3 aromatic rings. The Hall–Kier alpha value is -2.66. The average Bonchev–Trinajstić information content (AvgIpc) is 3.04. The summed E-state index contributed by atoms with van der Waals surface area (Å²) in [5.74, 6) is 2.09. The number of ether oxygens (including phenoxy) is 1. The molecule has 23 heavy (non-hydrogen) atoms. The standard InChI is InChI=1S/C18H19N3O2/c1-21(12-14-8-10-16(22-2)11-9-14)13-17-19-20-18(23-17)15-6-4-3-5-7-15/h3-11H,12-13H2,1-2H3/p+1. The number of hydrogen-bond acceptors (Lipinski definition) is 4. The summed E-state index contributed by atoms with van der Waals surface area (Å²) in [7, 11) is 3.78. The van der Waals surface area contributed by atoms with Gasteiger partial charge in [0, 0.05) is 11.1 Å². The van der Waals surface area contributed by atoms with Crippen molar-refractivity contribution in [3.05, 3.63) is 66.1 Å². The van der Waals surface area contributed by atoms with Gasteiger partial charge in [0.05, 0.1) is 14.2 Å². The normalized spacial score (nSPS) is 12.1. The van der Waals surface area contributed by atoms with Gasteiger partial charge in [-0.2, -0.15) is 0 Å². The zero-order valence-corrected chi connectivity index (χ0v) is 13.3. The van der Waals surface area contributed by atoms with Crippen molar-refractivity contribution in [1.82, 2.24) is 10.2 Å². The second kappa shape index (κ2) is 7.07. The third-order valence-electron chi connectivity index (χ3n) is 3.61. The van der Waals surface area contributed by atoms with E-state index in [4.69, 9.17) is 9.15 Å². The van der Waals surface area contributed by atoms with Crippen LogP contribution in [0, 0.1) is 0 Å². The molecule has 0 fully saturated rings. The Morgan fingerprint density at radius 1 is 0.957 bits per heavy atom. The molecule has 0 aliphatic rings. The largest absolute Gasteiger partial charge is 0.497 e. The highest BCUT2D eigenvalue weighted by Gasteiger charge is 2.13. The van der Waals surface area contributed by atoms with Gasteiger partial charge in [0.1, 0.15) is 12.3 Å². The average molecular weight is 310 g/mol. The third-order valence-corrected chi connectivity index (χ3v) is 3.61. The molecule has 0 radical (unpaired) electrons. The Balaban J connectivity index is 1.61. The molecule has 1 aromatic heterocycles. The van der Waals surface area contributed by atoms with Gasteiger partial charge >= 0.3 is 0 Å². The smallest absolute Gasteiger partial charge is 0.271 e. The van der Waals surface area contributed by atoms with Crippen molar-refractivity contribution >= 4 is 0 Å². The van der Waals surface area contributed by atoms with Crippen LogP contribution in [0.4, 0.5) is 0 Å². The fourth-order valence-corrected chi connectivity index (χ4v) is 2.43. The van der Waals surface area contributed by atoms with Crippen LogP contribution >= 0.6 is 0 Å². The minimum atomic E-state index is 0.567. The lowest BCUT2D eigenvalue weighted by molar-refractivity contribution is -0.909. The van der Waals surface area contributed by atoms with Crippen molar-refractivity contribution in [2.24, 2.45) is 0 Å². The molecule has 5 nitrogen and oxygen atoms in total. The summed E-state index contributed by atoms with van der Waals surface area (Å²) in [6.07, 6.45) is 0. The van der Waals surface area contributed by atoms with Gasteiger partial charge in [-0.1, -0.05) is 18.2 Å². The minimum Gasteiger partial charge on any atom is -0.497 e. The molecule has 0 amide bonds. The van der Waals surface area contributed by atoms with Crippen molar-refractivity contribution in [3.8, 4) is 17.2 Å². The lowest BCUT2D eigenvalue weighted by Crippen LogP contribution is -3.06. The van der Waals surface area contributed by atoms with Crippen LogP contribution in [0.1, 0.15) is 11.5 Å². The highest BCUT2D eigenvalue weighted by Crippen LogP contribution is 2.16. The Labute approximate surface area is 135 Å². The molecular formula is C18H20N3O2+. The SMILES string of the molecule is COc1ccc(C[NH+](C)Cc2nnc(-c3ccccc3)o2)cc1. The monoisotopic (exact) mass is 310 g/mol. The molecule has 1 unspecified atom stereocenters. The highest BCUT2D eigenvalue weighted by atomic mass is 16.5. The summed E-state index contributed by atoms with van der Waals surface area (Å²) >= 11 is 0. The second-order valence-corrected chi connectivity index (χ2v) is 5.53. The topological polar surface area (TPSA) is 52.6 Å². The zero-order valence-electron chi connectivity index (χ0n) is 13.3. The van der Waals surface area contributed by atoms with Gasteiger partial charge in [-0.25, -0.2) is 0 Å². The molecular weight excluding hydrogens is 290 g/mol. The Morgan fingerprint density at radius 3 is 2.39 bits per heavy atom.